The number of benzene rings is 4. The van der Waals surface area contributed by atoms with Gasteiger partial charge in [-0.15, -0.1) is 11.4 Å². The number of azo groups is 2. The van der Waals surface area contributed by atoms with E-state index in [-0.39, 0.29) is 62.2 Å². The monoisotopic (exact) mass is 802 g/mol. The molecule has 0 saturated heterocycles. The van der Waals surface area contributed by atoms with Gasteiger partial charge in [0.2, 0.25) is 0 Å². The number of aromatic hydroxyl groups is 2. The SMILES string of the molecule is Cc1nn(-c2ccccc2)c(=O)[c-]1N=Nc1cc(S(C)(=O)=O)ccc1O.Cc1nn(-c2ccccc2)c(=O)[c-]1N=Nc1cc(S(C)(=O)=O)ccc1O.[Co].[H+]. The second kappa shape index (κ2) is 16.2. The van der Waals surface area contributed by atoms with Gasteiger partial charge in [-0.2, -0.15) is 10.2 Å². The van der Waals surface area contributed by atoms with Gasteiger partial charge in [0.15, 0.2) is 19.7 Å². The van der Waals surface area contributed by atoms with Gasteiger partial charge in [0.05, 0.1) is 21.2 Å². The molecule has 4 aromatic carbocycles. The number of rotatable bonds is 8. The minimum absolute atomic E-state index is 0. The molecule has 2 heterocycles. The van der Waals surface area contributed by atoms with E-state index in [1.807, 2.05) is 12.1 Å². The summed E-state index contributed by atoms with van der Waals surface area (Å²) in [5.41, 5.74) is 0.887. The standard InChI is InChI=1S/2C17H15N4O4S.Co/c2*1-11-16(17(23)21(20-11)12-6-4-3-5-7-12)19-18-14-10-13(26(2,24)25)8-9-15(14)22;/h2*3-10,22H,1-2H3;/q2*-1;/p+1. The van der Waals surface area contributed by atoms with Crippen LogP contribution in [0, 0.1) is 13.8 Å². The number of nitrogens with zero attached hydrogens (tertiary/aromatic N) is 8. The molecule has 0 unspecified atom stereocenters. The third-order valence-electron chi connectivity index (χ3n) is 7.24. The van der Waals surface area contributed by atoms with Gasteiger partial charge in [-0.1, -0.05) is 61.6 Å². The van der Waals surface area contributed by atoms with E-state index in [4.69, 9.17) is 0 Å². The summed E-state index contributed by atoms with van der Waals surface area (Å²) < 4.78 is 48.9. The van der Waals surface area contributed by atoms with E-state index in [2.05, 4.69) is 30.7 Å². The summed E-state index contributed by atoms with van der Waals surface area (Å²) in [5, 5.41) is 43.5. The molecule has 0 aliphatic carbocycles. The van der Waals surface area contributed by atoms with E-state index in [0.717, 1.165) is 12.5 Å². The van der Waals surface area contributed by atoms with Crippen LogP contribution in [-0.4, -0.2) is 59.1 Å². The fourth-order valence-electron chi connectivity index (χ4n) is 4.55. The molecule has 6 aromatic rings. The number of phenolic OH excluding ortho intramolecular Hbond substituents is 2. The number of aromatic nitrogens is 4. The maximum Gasteiger partial charge on any atom is 1.00 e. The molecular formula is C34H31CoN8O8S2-. The van der Waals surface area contributed by atoms with Gasteiger partial charge in [-0.3, -0.25) is 0 Å². The van der Waals surface area contributed by atoms with Crippen molar-refractivity contribution in [1.29, 1.82) is 0 Å². The first-order valence-corrected chi connectivity index (χ1v) is 18.9. The van der Waals surface area contributed by atoms with E-state index >= 15 is 0 Å². The van der Waals surface area contributed by atoms with Crippen LogP contribution in [0.3, 0.4) is 0 Å². The van der Waals surface area contributed by atoms with Gasteiger partial charge < -0.3 is 30.0 Å². The van der Waals surface area contributed by atoms with E-state index in [1.54, 1.807) is 62.4 Å². The Balaban J connectivity index is 0.000000280. The predicted molar refractivity (Wildman–Crippen MR) is 192 cm³/mol. The van der Waals surface area contributed by atoms with Gasteiger partial charge in [0.25, 0.3) is 0 Å². The minimum atomic E-state index is -3.46. The van der Waals surface area contributed by atoms with Gasteiger partial charge in [-0.25, -0.2) is 36.4 Å². The molecule has 0 amide bonds. The second-order valence-corrected chi connectivity index (χ2v) is 15.2. The summed E-state index contributed by atoms with van der Waals surface area (Å²) in [7, 11) is -6.93. The molecule has 0 fully saturated rings. The van der Waals surface area contributed by atoms with Crippen molar-refractivity contribution in [3.8, 4) is 22.9 Å². The fourth-order valence-corrected chi connectivity index (χ4v) is 5.83. The second-order valence-electron chi connectivity index (χ2n) is 11.2. The molecule has 19 heteroatoms. The van der Waals surface area contributed by atoms with E-state index in [1.165, 1.54) is 45.8 Å². The Morgan fingerprint density at radius 3 is 1.26 bits per heavy atom. The number of sulfone groups is 2. The van der Waals surface area contributed by atoms with Crippen LogP contribution in [-0.2, 0) is 36.5 Å². The normalized spacial score (nSPS) is 11.7. The van der Waals surface area contributed by atoms with Crippen molar-refractivity contribution in [2.24, 2.45) is 20.5 Å². The summed E-state index contributed by atoms with van der Waals surface area (Å²) in [6.07, 6.45) is 2.09. The van der Waals surface area contributed by atoms with Gasteiger partial charge in [0.1, 0.15) is 34.0 Å². The maximum absolute atomic E-state index is 12.5. The van der Waals surface area contributed by atoms with Crippen molar-refractivity contribution in [3.05, 3.63) is 129 Å². The largest absolute Gasteiger partial charge is 1.00 e. The van der Waals surface area contributed by atoms with Crippen LogP contribution in [0.5, 0.6) is 11.5 Å². The zero-order valence-corrected chi connectivity index (χ0v) is 31.0. The Bertz CT molecular complexity index is 2490. The molecule has 277 valence electrons. The maximum atomic E-state index is 12.5. The van der Waals surface area contributed by atoms with Crippen molar-refractivity contribution in [3.63, 3.8) is 0 Å². The van der Waals surface area contributed by atoms with Crippen molar-refractivity contribution in [1.82, 2.24) is 19.6 Å². The van der Waals surface area contributed by atoms with Crippen LogP contribution in [0.15, 0.2) is 137 Å². The third kappa shape index (κ3) is 9.32. The van der Waals surface area contributed by atoms with Crippen molar-refractivity contribution in [2.75, 3.05) is 12.5 Å². The molecule has 6 rings (SSSR count). The van der Waals surface area contributed by atoms with Crippen LogP contribution < -0.4 is 11.1 Å². The summed E-state index contributed by atoms with van der Waals surface area (Å²) in [5.74, 6) is -0.497. The van der Waals surface area contributed by atoms with E-state index in [0.29, 0.717) is 22.8 Å². The average Bonchev–Trinajstić information content (AvgIpc) is 3.56. The first-order valence-electron chi connectivity index (χ1n) is 15.1. The number of para-hydroxylation sites is 2. The summed E-state index contributed by atoms with van der Waals surface area (Å²) >= 11 is 0. The van der Waals surface area contributed by atoms with Crippen LogP contribution in [0.2, 0.25) is 0 Å². The molecule has 0 saturated carbocycles. The van der Waals surface area contributed by atoms with Crippen molar-refractivity contribution < 1.29 is 45.3 Å². The quantitative estimate of drug-likeness (QED) is 0.141. The Kier molecular flexibility index (Phi) is 12.2. The molecule has 53 heavy (non-hydrogen) atoms. The zero-order chi connectivity index (χ0) is 37.8. The number of aryl methyl sites for hydroxylation is 2. The molecule has 2 aromatic heterocycles. The van der Waals surface area contributed by atoms with Gasteiger partial charge in [0, 0.05) is 29.3 Å². The Morgan fingerprint density at radius 1 is 0.604 bits per heavy atom. The van der Waals surface area contributed by atoms with Gasteiger partial charge >= 0.3 is 1.43 Å². The zero-order valence-electron chi connectivity index (χ0n) is 29.3. The van der Waals surface area contributed by atoms with E-state index in [9.17, 15) is 36.6 Å². The third-order valence-corrected chi connectivity index (χ3v) is 9.46. The Morgan fingerprint density at radius 2 is 0.943 bits per heavy atom. The number of hydrogen-bond donors (Lipinski definition) is 2. The Hall–Kier alpha value is -5.89. The van der Waals surface area contributed by atoms with Crippen LogP contribution in [0.4, 0.5) is 22.7 Å². The minimum Gasteiger partial charge on any atom is -0.506 e. The summed E-state index contributed by atoms with van der Waals surface area (Å²) in [6.45, 7) is 3.23. The van der Waals surface area contributed by atoms with Crippen LogP contribution in [0.25, 0.3) is 11.4 Å². The molecule has 0 atom stereocenters. The molecular weight excluding hydrogens is 771 g/mol. The molecule has 0 aliphatic rings. The molecule has 0 bridgehead atoms. The van der Waals surface area contributed by atoms with Crippen LogP contribution >= 0.6 is 0 Å². The topological polar surface area (TPSA) is 228 Å². The van der Waals surface area contributed by atoms with Crippen LogP contribution in [0.1, 0.15) is 12.8 Å². The number of phenols is 2. The predicted octanol–water partition coefficient (Wildman–Crippen LogP) is 5.68. The number of hydrogen-bond acceptors (Lipinski definition) is 14. The average molecular weight is 803 g/mol. The van der Waals surface area contributed by atoms with E-state index < -0.39 is 30.8 Å². The molecule has 0 spiro atoms. The fraction of sp³-hybridized carbons (Fsp3) is 0.118. The summed E-state index contributed by atoms with van der Waals surface area (Å²) in [4.78, 5) is 25.0. The summed E-state index contributed by atoms with van der Waals surface area (Å²) in [6, 6.07) is 25.0. The van der Waals surface area contributed by atoms with Crippen molar-refractivity contribution >= 4 is 42.4 Å². The Labute approximate surface area is 314 Å². The first kappa shape index (κ1) is 39.9. The van der Waals surface area contributed by atoms with Gasteiger partial charge in [-0.05, 0) is 60.7 Å². The van der Waals surface area contributed by atoms with Crippen molar-refractivity contribution in [2.45, 2.75) is 23.6 Å². The smallest absolute Gasteiger partial charge is 0.506 e. The molecule has 16 nitrogen and oxygen atoms in total. The first-order chi connectivity index (χ1) is 24.5. The molecule has 1 radical (unpaired) electrons. The molecule has 0 aliphatic heterocycles. The molecule has 2 N–H and O–H groups in total.